The first-order valence-corrected chi connectivity index (χ1v) is 8.56. The van der Waals surface area contributed by atoms with Gasteiger partial charge in [-0.3, -0.25) is 10.1 Å². The van der Waals surface area contributed by atoms with E-state index in [0.717, 1.165) is 0 Å². The van der Waals surface area contributed by atoms with Gasteiger partial charge in [0.1, 0.15) is 16.6 Å². The van der Waals surface area contributed by atoms with Crippen molar-refractivity contribution in [2.24, 2.45) is 5.16 Å². The van der Waals surface area contributed by atoms with E-state index in [2.05, 4.69) is 10.5 Å². The molecule has 1 unspecified atom stereocenters. The molecule has 1 aromatic heterocycles. The number of hydrogen-bond donors (Lipinski definition) is 2. The fraction of sp³-hybridized carbons (Fsp3) is 0.105. The van der Waals surface area contributed by atoms with Gasteiger partial charge < -0.3 is 14.9 Å². The van der Waals surface area contributed by atoms with Crippen LogP contribution in [-0.2, 0) is 0 Å². The Balaban J connectivity index is 1.89. The highest BCUT2D eigenvalue weighted by atomic mass is 35.5. The molecule has 1 atom stereocenters. The van der Waals surface area contributed by atoms with E-state index in [1.165, 1.54) is 42.7 Å². The van der Waals surface area contributed by atoms with Crippen LogP contribution in [0.4, 0.5) is 15.8 Å². The van der Waals surface area contributed by atoms with Gasteiger partial charge in [-0.1, -0.05) is 28.9 Å². The molecule has 0 radical (unpaired) electrons. The van der Waals surface area contributed by atoms with Gasteiger partial charge in [0.2, 0.25) is 0 Å². The fourth-order valence-corrected chi connectivity index (χ4v) is 2.89. The van der Waals surface area contributed by atoms with Crippen molar-refractivity contribution in [3.63, 3.8) is 0 Å². The molecule has 7 nitrogen and oxygen atoms in total. The van der Waals surface area contributed by atoms with Gasteiger partial charge in [0.25, 0.3) is 5.69 Å². The van der Waals surface area contributed by atoms with E-state index >= 15 is 0 Å². The number of nitro benzene ring substituents is 1. The summed E-state index contributed by atoms with van der Waals surface area (Å²) in [6, 6.07) is 12.8. The third-order valence-corrected chi connectivity index (χ3v) is 4.39. The van der Waals surface area contributed by atoms with Crippen molar-refractivity contribution in [2.75, 3.05) is 5.32 Å². The average molecular weight is 404 g/mol. The smallest absolute Gasteiger partial charge is 0.289 e. The van der Waals surface area contributed by atoms with Crippen molar-refractivity contribution in [1.82, 2.24) is 0 Å². The lowest BCUT2D eigenvalue weighted by atomic mass is 10.0. The second kappa shape index (κ2) is 8.53. The van der Waals surface area contributed by atoms with Crippen LogP contribution in [-0.4, -0.2) is 15.8 Å². The van der Waals surface area contributed by atoms with Crippen LogP contribution in [0.1, 0.15) is 23.8 Å². The van der Waals surface area contributed by atoms with Crippen LogP contribution >= 0.6 is 11.6 Å². The lowest BCUT2D eigenvalue weighted by molar-refractivity contribution is -0.384. The molecular weight excluding hydrogens is 389 g/mol. The summed E-state index contributed by atoms with van der Waals surface area (Å²) in [7, 11) is 0. The van der Waals surface area contributed by atoms with Gasteiger partial charge >= 0.3 is 0 Å². The number of nitrogens with zero attached hydrogens (tertiary/aromatic N) is 2. The normalized spacial score (nSPS) is 12.6. The largest absolute Gasteiger partial charge is 0.467 e. The number of benzene rings is 2. The third kappa shape index (κ3) is 4.47. The summed E-state index contributed by atoms with van der Waals surface area (Å²) in [5, 5.41) is 27.0. The van der Waals surface area contributed by atoms with Crippen LogP contribution in [0.15, 0.2) is 70.4 Å². The van der Waals surface area contributed by atoms with Crippen LogP contribution in [0, 0.1) is 15.9 Å². The molecule has 0 saturated carbocycles. The van der Waals surface area contributed by atoms with Crippen LogP contribution in [0.2, 0.25) is 5.02 Å². The van der Waals surface area contributed by atoms with Crippen molar-refractivity contribution >= 4 is 28.7 Å². The fourth-order valence-electron chi connectivity index (χ4n) is 2.71. The zero-order chi connectivity index (χ0) is 20.1. The van der Waals surface area contributed by atoms with Crippen molar-refractivity contribution < 1.29 is 18.9 Å². The summed E-state index contributed by atoms with van der Waals surface area (Å²) >= 11 is 5.86. The van der Waals surface area contributed by atoms with E-state index in [0.29, 0.717) is 17.0 Å². The minimum atomic E-state index is -0.575. The zero-order valence-electron chi connectivity index (χ0n) is 14.4. The van der Waals surface area contributed by atoms with E-state index in [1.807, 2.05) is 0 Å². The van der Waals surface area contributed by atoms with Crippen LogP contribution in [0.5, 0.6) is 0 Å². The lowest BCUT2D eigenvalue weighted by Crippen LogP contribution is -2.16. The Morgan fingerprint density at radius 1 is 1.29 bits per heavy atom. The molecule has 0 aliphatic rings. The molecule has 0 aliphatic heterocycles. The van der Waals surface area contributed by atoms with Crippen molar-refractivity contribution in [3.8, 4) is 0 Å². The maximum atomic E-state index is 13.2. The molecule has 144 valence electrons. The first-order valence-electron chi connectivity index (χ1n) is 8.18. The van der Waals surface area contributed by atoms with E-state index in [4.69, 9.17) is 16.0 Å². The molecule has 0 aliphatic carbocycles. The number of oxime groups is 1. The molecule has 1 heterocycles. The first kappa shape index (κ1) is 19.4. The average Bonchev–Trinajstić information content (AvgIpc) is 3.22. The second-order valence-corrected chi connectivity index (χ2v) is 6.30. The Morgan fingerprint density at radius 2 is 2.04 bits per heavy atom. The van der Waals surface area contributed by atoms with Gasteiger partial charge in [-0.15, -0.1) is 0 Å². The summed E-state index contributed by atoms with van der Waals surface area (Å²) in [5.41, 5.74) is 1.02. The molecule has 0 amide bonds. The first-order chi connectivity index (χ1) is 13.5. The molecule has 0 bridgehead atoms. The van der Waals surface area contributed by atoms with Gasteiger partial charge in [0.05, 0.1) is 22.9 Å². The predicted octanol–water partition coefficient (Wildman–Crippen LogP) is 5.40. The number of nitro groups is 1. The molecule has 2 N–H and O–H groups in total. The minimum Gasteiger partial charge on any atom is -0.467 e. The second-order valence-electron chi connectivity index (χ2n) is 5.89. The standard InChI is InChI=1S/C19H15ClFN3O4/c20-15-8-7-14(10-18(15)24(26)27)22-17(19-2-1-9-28-19)11-16(23-25)12-3-5-13(21)6-4-12/h1-10,17,22,25H,11H2/b23-16-. The highest BCUT2D eigenvalue weighted by Gasteiger charge is 2.21. The molecule has 0 spiro atoms. The van der Waals surface area contributed by atoms with Crippen molar-refractivity contribution in [1.29, 1.82) is 0 Å². The monoisotopic (exact) mass is 403 g/mol. The molecule has 3 rings (SSSR count). The van der Waals surface area contributed by atoms with Gasteiger partial charge in [0, 0.05) is 18.2 Å². The Kier molecular flexibility index (Phi) is 5.90. The lowest BCUT2D eigenvalue weighted by Gasteiger charge is -2.19. The topological polar surface area (TPSA) is 101 Å². The molecule has 2 aromatic carbocycles. The SMILES string of the molecule is O=[N+]([O-])c1cc(NC(C/C(=N/O)c2ccc(F)cc2)c2ccco2)ccc1Cl. The summed E-state index contributed by atoms with van der Waals surface area (Å²) < 4.78 is 18.6. The van der Waals surface area contributed by atoms with E-state index < -0.39 is 16.8 Å². The highest BCUT2D eigenvalue weighted by Crippen LogP contribution is 2.31. The predicted molar refractivity (Wildman–Crippen MR) is 103 cm³/mol. The van der Waals surface area contributed by atoms with Crippen LogP contribution in [0.25, 0.3) is 0 Å². The van der Waals surface area contributed by atoms with Crippen molar-refractivity contribution in [2.45, 2.75) is 12.5 Å². The molecule has 0 fully saturated rings. The molecule has 9 heteroatoms. The van der Waals surface area contributed by atoms with Gasteiger partial charge in [-0.25, -0.2) is 4.39 Å². The number of halogens is 2. The molecule has 3 aromatic rings. The summed E-state index contributed by atoms with van der Waals surface area (Å²) in [6.45, 7) is 0. The Labute approximate surface area is 164 Å². The summed E-state index contributed by atoms with van der Waals surface area (Å²) in [6.07, 6.45) is 1.66. The zero-order valence-corrected chi connectivity index (χ0v) is 15.1. The number of anilines is 1. The van der Waals surface area contributed by atoms with Gasteiger partial charge in [-0.05, 0) is 42.0 Å². The van der Waals surface area contributed by atoms with E-state index in [1.54, 1.807) is 18.2 Å². The van der Waals surface area contributed by atoms with Crippen LogP contribution < -0.4 is 5.32 Å². The summed E-state index contributed by atoms with van der Waals surface area (Å²) in [4.78, 5) is 10.5. The van der Waals surface area contributed by atoms with Crippen LogP contribution in [0.3, 0.4) is 0 Å². The number of hydrogen-bond acceptors (Lipinski definition) is 6. The maximum absolute atomic E-state index is 13.2. The van der Waals surface area contributed by atoms with Crippen molar-refractivity contribution in [3.05, 3.63) is 93.1 Å². The Bertz CT molecular complexity index is 991. The number of rotatable bonds is 7. The number of furan rings is 1. The Morgan fingerprint density at radius 3 is 2.64 bits per heavy atom. The van der Waals surface area contributed by atoms with E-state index in [-0.39, 0.29) is 22.8 Å². The molecule has 0 saturated heterocycles. The quantitative estimate of drug-likeness (QED) is 0.238. The molecule has 28 heavy (non-hydrogen) atoms. The molecular formula is C19H15ClFN3O4. The van der Waals surface area contributed by atoms with Gasteiger partial charge in [0.15, 0.2) is 0 Å². The third-order valence-electron chi connectivity index (χ3n) is 4.07. The van der Waals surface area contributed by atoms with Gasteiger partial charge in [-0.2, -0.15) is 0 Å². The minimum absolute atomic E-state index is 0.0222. The number of nitrogens with one attached hydrogen (secondary N) is 1. The van der Waals surface area contributed by atoms with E-state index in [9.17, 15) is 19.7 Å². The Hall–Kier alpha value is -3.39. The maximum Gasteiger partial charge on any atom is 0.289 e. The summed E-state index contributed by atoms with van der Waals surface area (Å²) in [5.74, 6) is 0.121. The highest BCUT2D eigenvalue weighted by molar-refractivity contribution is 6.32.